The summed E-state index contributed by atoms with van der Waals surface area (Å²) in [6, 6.07) is 5.87. The summed E-state index contributed by atoms with van der Waals surface area (Å²) in [5, 5.41) is 3.45. The number of nitrogens with two attached hydrogens (primary N) is 1. The van der Waals surface area contributed by atoms with E-state index >= 15 is 0 Å². The number of carbonyl (C=O) groups is 2. The molecule has 1 heterocycles. The molecule has 2 aromatic rings. The van der Waals surface area contributed by atoms with Crippen LogP contribution in [0.5, 0.6) is 0 Å². The Kier molecular flexibility index (Phi) is 7.81. The van der Waals surface area contributed by atoms with Gasteiger partial charge in [-0.25, -0.2) is 4.39 Å². The van der Waals surface area contributed by atoms with Crippen LogP contribution in [0, 0.1) is 5.82 Å². The summed E-state index contributed by atoms with van der Waals surface area (Å²) >= 11 is 1.49. The van der Waals surface area contributed by atoms with Gasteiger partial charge in [0.05, 0.1) is 12.0 Å². The molecule has 0 saturated carbocycles. The average Bonchev–Trinajstić information content (AvgIpc) is 3.00. The molecular weight excluding hydrogens is 387 g/mol. The van der Waals surface area contributed by atoms with E-state index in [2.05, 4.69) is 5.32 Å². The van der Waals surface area contributed by atoms with Gasteiger partial charge in [0.25, 0.3) is 5.91 Å². The Bertz CT molecular complexity index is 845. The van der Waals surface area contributed by atoms with Gasteiger partial charge in [-0.2, -0.15) is 0 Å². The van der Waals surface area contributed by atoms with Gasteiger partial charge in [0.2, 0.25) is 5.91 Å². The minimum absolute atomic E-state index is 0.126. The third kappa shape index (κ3) is 6.13. The van der Waals surface area contributed by atoms with Gasteiger partial charge in [0.1, 0.15) is 10.8 Å². The minimum Gasteiger partial charge on any atom is -0.365 e. The maximum absolute atomic E-state index is 13.1. The first-order chi connectivity index (χ1) is 14.0. The second kappa shape index (κ2) is 10.5. The monoisotopic (exact) mass is 416 g/mol. The Morgan fingerprint density at radius 1 is 0.931 bits per heavy atom. The lowest BCUT2D eigenvalue weighted by molar-refractivity contribution is -0.115. The van der Waals surface area contributed by atoms with Gasteiger partial charge < -0.3 is 11.1 Å². The Hall–Kier alpha value is -2.21. The van der Waals surface area contributed by atoms with Crippen LogP contribution < -0.4 is 11.1 Å². The van der Waals surface area contributed by atoms with E-state index in [4.69, 9.17) is 5.73 Å². The normalized spacial score (nSPS) is 15.6. The van der Waals surface area contributed by atoms with Crippen LogP contribution in [0.15, 0.2) is 24.3 Å². The highest BCUT2D eigenvalue weighted by molar-refractivity contribution is 7.17. The zero-order valence-corrected chi connectivity index (χ0v) is 17.6. The summed E-state index contributed by atoms with van der Waals surface area (Å²) in [4.78, 5) is 26.0. The number of amides is 2. The van der Waals surface area contributed by atoms with Gasteiger partial charge in [-0.05, 0) is 48.9 Å². The Balaban J connectivity index is 1.79. The van der Waals surface area contributed by atoms with Crippen molar-refractivity contribution in [2.75, 3.05) is 5.32 Å². The van der Waals surface area contributed by atoms with Crippen molar-refractivity contribution < 1.29 is 14.0 Å². The van der Waals surface area contributed by atoms with Crippen molar-refractivity contribution in [3.05, 3.63) is 51.7 Å². The van der Waals surface area contributed by atoms with Gasteiger partial charge in [0, 0.05) is 4.88 Å². The molecule has 3 rings (SSSR count). The van der Waals surface area contributed by atoms with E-state index in [0.29, 0.717) is 10.6 Å². The number of rotatable bonds is 4. The topological polar surface area (TPSA) is 72.2 Å². The van der Waals surface area contributed by atoms with Gasteiger partial charge in [-0.15, -0.1) is 11.3 Å². The van der Waals surface area contributed by atoms with E-state index in [1.54, 1.807) is 12.1 Å². The molecule has 29 heavy (non-hydrogen) atoms. The number of thiophene rings is 1. The largest absolute Gasteiger partial charge is 0.365 e. The van der Waals surface area contributed by atoms with Crippen molar-refractivity contribution >= 4 is 28.2 Å². The molecule has 1 aliphatic carbocycles. The van der Waals surface area contributed by atoms with Crippen LogP contribution in [0.4, 0.5) is 9.39 Å². The lowest BCUT2D eigenvalue weighted by Gasteiger charge is -2.09. The van der Waals surface area contributed by atoms with Gasteiger partial charge >= 0.3 is 0 Å². The van der Waals surface area contributed by atoms with Crippen molar-refractivity contribution in [2.45, 2.75) is 70.6 Å². The number of primary amides is 1. The second-order valence-electron chi connectivity index (χ2n) is 7.75. The molecule has 1 aromatic carbocycles. The van der Waals surface area contributed by atoms with Crippen LogP contribution in [0.25, 0.3) is 0 Å². The number of fused-ring (bicyclic) bond motifs is 1. The number of hydrogen-bond donors (Lipinski definition) is 2. The number of benzene rings is 1. The van der Waals surface area contributed by atoms with Crippen LogP contribution in [-0.2, 0) is 24.1 Å². The molecule has 0 bridgehead atoms. The number of carbonyl (C=O) groups excluding carboxylic acids is 2. The zero-order chi connectivity index (χ0) is 20.6. The van der Waals surface area contributed by atoms with Crippen LogP contribution in [0.3, 0.4) is 0 Å². The highest BCUT2D eigenvalue weighted by atomic mass is 32.1. The standard InChI is InChI=1S/C23H29FN2O2S/c24-17-13-11-16(12-14-17)15-20(27)26-23-21(22(25)28)18-9-7-5-3-1-2-4-6-8-10-19(18)29-23/h11-14H,1-10,15H2,(H2,25,28)(H,26,27). The van der Waals surface area contributed by atoms with Gasteiger partial charge in [-0.3, -0.25) is 9.59 Å². The molecule has 4 nitrogen and oxygen atoms in total. The molecule has 0 fully saturated rings. The zero-order valence-electron chi connectivity index (χ0n) is 16.8. The van der Waals surface area contributed by atoms with Crippen molar-refractivity contribution in [3.63, 3.8) is 0 Å². The first-order valence-electron chi connectivity index (χ1n) is 10.5. The number of nitrogens with one attached hydrogen (secondary N) is 1. The fourth-order valence-corrected chi connectivity index (χ4v) is 5.24. The average molecular weight is 417 g/mol. The molecule has 0 radical (unpaired) electrons. The molecule has 0 spiro atoms. The fraction of sp³-hybridized carbons (Fsp3) is 0.478. The Morgan fingerprint density at radius 2 is 1.52 bits per heavy atom. The third-order valence-corrected chi connectivity index (χ3v) is 6.66. The fourth-order valence-electron chi connectivity index (χ4n) is 3.93. The number of halogens is 1. The number of aryl methyl sites for hydroxylation is 1. The van der Waals surface area contributed by atoms with Gasteiger partial charge in [0.15, 0.2) is 0 Å². The first kappa shape index (κ1) is 21.5. The van der Waals surface area contributed by atoms with Crippen molar-refractivity contribution in [2.24, 2.45) is 5.73 Å². The molecular formula is C23H29FN2O2S. The highest BCUT2D eigenvalue weighted by Crippen LogP contribution is 2.36. The maximum atomic E-state index is 13.1. The molecule has 1 aliphatic rings. The lowest BCUT2D eigenvalue weighted by atomic mass is 9.97. The molecule has 0 saturated heterocycles. The SMILES string of the molecule is NC(=O)c1c(NC(=O)Cc2ccc(F)cc2)sc2c1CCCCCCCCCC2. The summed E-state index contributed by atoms with van der Waals surface area (Å²) in [6.45, 7) is 0. The van der Waals surface area contributed by atoms with Crippen molar-refractivity contribution in [1.82, 2.24) is 0 Å². The first-order valence-corrected chi connectivity index (χ1v) is 11.3. The Morgan fingerprint density at radius 3 is 2.14 bits per heavy atom. The third-order valence-electron chi connectivity index (χ3n) is 5.45. The number of anilines is 1. The van der Waals surface area contributed by atoms with Crippen LogP contribution in [0.1, 0.15) is 77.7 Å². The Labute approximate surface area is 175 Å². The smallest absolute Gasteiger partial charge is 0.251 e. The van der Waals surface area contributed by atoms with E-state index in [9.17, 15) is 14.0 Å². The van der Waals surface area contributed by atoms with E-state index in [1.807, 2.05) is 0 Å². The molecule has 1 aromatic heterocycles. The molecule has 0 atom stereocenters. The van der Waals surface area contributed by atoms with E-state index < -0.39 is 5.91 Å². The minimum atomic E-state index is -0.480. The number of hydrogen-bond acceptors (Lipinski definition) is 3. The molecule has 156 valence electrons. The van der Waals surface area contributed by atoms with Crippen molar-refractivity contribution in [1.29, 1.82) is 0 Å². The molecule has 2 amide bonds. The summed E-state index contributed by atoms with van der Waals surface area (Å²) < 4.78 is 13.1. The summed E-state index contributed by atoms with van der Waals surface area (Å²) in [6.07, 6.45) is 11.4. The van der Waals surface area contributed by atoms with Gasteiger partial charge in [-0.1, -0.05) is 50.7 Å². The molecule has 3 N–H and O–H groups in total. The second-order valence-corrected chi connectivity index (χ2v) is 8.86. The van der Waals surface area contributed by atoms with Crippen LogP contribution in [-0.4, -0.2) is 11.8 Å². The van der Waals surface area contributed by atoms with Crippen molar-refractivity contribution in [3.8, 4) is 0 Å². The lowest BCUT2D eigenvalue weighted by Crippen LogP contribution is -2.19. The summed E-state index contributed by atoms with van der Waals surface area (Å²) in [7, 11) is 0. The van der Waals surface area contributed by atoms with Crippen LogP contribution >= 0.6 is 11.3 Å². The summed E-state index contributed by atoms with van der Waals surface area (Å²) in [5.41, 5.74) is 7.95. The highest BCUT2D eigenvalue weighted by Gasteiger charge is 2.23. The molecule has 6 heteroatoms. The quantitative estimate of drug-likeness (QED) is 0.702. The van der Waals surface area contributed by atoms with E-state index in [-0.39, 0.29) is 18.1 Å². The van der Waals surface area contributed by atoms with E-state index in [1.165, 1.54) is 60.5 Å². The van der Waals surface area contributed by atoms with Crippen LogP contribution in [0.2, 0.25) is 0 Å². The van der Waals surface area contributed by atoms with E-state index in [0.717, 1.165) is 43.2 Å². The molecule has 0 aliphatic heterocycles. The predicted octanol–water partition coefficient (Wildman–Crippen LogP) is 5.39. The summed E-state index contributed by atoms with van der Waals surface area (Å²) in [5.74, 6) is -1.04. The predicted molar refractivity (Wildman–Crippen MR) is 116 cm³/mol. The maximum Gasteiger partial charge on any atom is 0.251 e. The molecule has 0 unspecified atom stereocenters.